The van der Waals surface area contributed by atoms with E-state index in [2.05, 4.69) is 10.6 Å². The van der Waals surface area contributed by atoms with Gasteiger partial charge >= 0.3 is 5.97 Å². The standard InChI is InChI=1S/C25H29N3O4S/c1-17(2)16-32-21(29)15-20-23(30)26-13-14-28(20)25(33)27-24(31)22(18-9-5-3-6-10-18)19-11-7-4-8-12-19/h3-12,17,20,22H,13-16H2,1-2H3,(H,26,30)(H,27,31,33). The Bertz CT molecular complexity index is 942. The van der Waals surface area contributed by atoms with Gasteiger partial charge in [0.1, 0.15) is 6.04 Å². The Morgan fingerprint density at radius 1 is 1.09 bits per heavy atom. The lowest BCUT2D eigenvalue weighted by Gasteiger charge is -2.36. The van der Waals surface area contributed by atoms with Crippen molar-refractivity contribution in [3.8, 4) is 0 Å². The van der Waals surface area contributed by atoms with Crippen molar-refractivity contribution < 1.29 is 19.1 Å². The lowest BCUT2D eigenvalue weighted by Crippen LogP contribution is -2.60. The van der Waals surface area contributed by atoms with Crippen LogP contribution in [-0.2, 0) is 19.1 Å². The number of piperazine rings is 1. The first-order valence-electron chi connectivity index (χ1n) is 11.0. The zero-order valence-electron chi connectivity index (χ0n) is 18.8. The Kier molecular flexibility index (Phi) is 8.54. The molecule has 0 radical (unpaired) electrons. The highest BCUT2D eigenvalue weighted by Gasteiger charge is 2.35. The van der Waals surface area contributed by atoms with Crippen LogP contribution < -0.4 is 10.6 Å². The minimum absolute atomic E-state index is 0.119. The highest BCUT2D eigenvalue weighted by atomic mass is 32.1. The second-order valence-corrected chi connectivity index (χ2v) is 8.72. The number of ether oxygens (including phenoxy) is 1. The summed E-state index contributed by atoms with van der Waals surface area (Å²) in [6.45, 7) is 4.91. The number of amides is 2. The molecule has 2 aromatic carbocycles. The van der Waals surface area contributed by atoms with Crippen LogP contribution in [0.25, 0.3) is 0 Å². The number of carbonyl (C=O) groups is 3. The molecule has 8 heteroatoms. The second kappa shape index (κ2) is 11.6. The third kappa shape index (κ3) is 6.61. The number of esters is 1. The summed E-state index contributed by atoms with van der Waals surface area (Å²) in [5, 5.41) is 5.68. The molecule has 7 nitrogen and oxygen atoms in total. The molecule has 1 aliphatic heterocycles. The maximum Gasteiger partial charge on any atom is 0.308 e. The van der Waals surface area contributed by atoms with Crippen molar-refractivity contribution in [3.63, 3.8) is 0 Å². The van der Waals surface area contributed by atoms with Gasteiger partial charge in [-0.05, 0) is 29.3 Å². The number of carbonyl (C=O) groups excluding carboxylic acids is 3. The molecule has 1 heterocycles. The van der Waals surface area contributed by atoms with E-state index in [4.69, 9.17) is 17.0 Å². The monoisotopic (exact) mass is 467 g/mol. The number of thiocarbonyl (C=S) groups is 1. The lowest BCUT2D eigenvalue weighted by atomic mass is 9.90. The van der Waals surface area contributed by atoms with Crippen molar-refractivity contribution in [2.75, 3.05) is 19.7 Å². The molecule has 1 saturated heterocycles. The lowest BCUT2D eigenvalue weighted by molar-refractivity contribution is -0.148. The normalized spacial score (nSPS) is 15.8. The third-order valence-electron chi connectivity index (χ3n) is 5.29. The van der Waals surface area contributed by atoms with Crippen LogP contribution in [0, 0.1) is 5.92 Å². The van der Waals surface area contributed by atoms with E-state index >= 15 is 0 Å². The number of rotatable bonds is 7. The molecule has 0 bridgehead atoms. The van der Waals surface area contributed by atoms with Crippen LogP contribution in [0.1, 0.15) is 37.3 Å². The number of nitrogens with one attached hydrogen (secondary N) is 2. The maximum absolute atomic E-state index is 13.4. The van der Waals surface area contributed by atoms with Gasteiger partial charge in [0.15, 0.2) is 5.11 Å². The molecule has 0 aromatic heterocycles. The summed E-state index contributed by atoms with van der Waals surface area (Å²) in [6, 6.07) is 18.0. The van der Waals surface area contributed by atoms with Crippen LogP contribution in [0.15, 0.2) is 60.7 Å². The van der Waals surface area contributed by atoms with Crippen LogP contribution in [0.2, 0.25) is 0 Å². The van der Waals surface area contributed by atoms with Crippen LogP contribution >= 0.6 is 12.2 Å². The molecule has 0 saturated carbocycles. The molecule has 1 fully saturated rings. The molecule has 0 aliphatic carbocycles. The summed E-state index contributed by atoms with van der Waals surface area (Å²) in [5.74, 6) is -1.47. The van der Waals surface area contributed by atoms with Crippen molar-refractivity contribution in [1.29, 1.82) is 0 Å². The van der Waals surface area contributed by atoms with Crippen molar-refractivity contribution in [2.24, 2.45) is 5.92 Å². The van der Waals surface area contributed by atoms with Gasteiger partial charge in [-0.3, -0.25) is 14.4 Å². The number of hydrogen-bond acceptors (Lipinski definition) is 5. The predicted molar refractivity (Wildman–Crippen MR) is 129 cm³/mol. The Hall–Kier alpha value is -3.26. The fourth-order valence-electron chi connectivity index (χ4n) is 3.67. The van der Waals surface area contributed by atoms with E-state index in [-0.39, 0.29) is 35.9 Å². The van der Waals surface area contributed by atoms with E-state index in [0.717, 1.165) is 11.1 Å². The van der Waals surface area contributed by atoms with Crippen LogP contribution in [0.3, 0.4) is 0 Å². The van der Waals surface area contributed by atoms with Gasteiger partial charge < -0.3 is 20.3 Å². The highest BCUT2D eigenvalue weighted by molar-refractivity contribution is 7.80. The van der Waals surface area contributed by atoms with Gasteiger partial charge in [-0.2, -0.15) is 0 Å². The Morgan fingerprint density at radius 2 is 1.67 bits per heavy atom. The number of hydrogen-bond donors (Lipinski definition) is 2. The molecule has 0 spiro atoms. The summed E-state index contributed by atoms with van der Waals surface area (Å²) < 4.78 is 5.24. The van der Waals surface area contributed by atoms with Crippen molar-refractivity contribution in [1.82, 2.24) is 15.5 Å². The Morgan fingerprint density at radius 3 is 2.21 bits per heavy atom. The summed E-state index contributed by atoms with van der Waals surface area (Å²) in [5.41, 5.74) is 1.66. The fourth-order valence-corrected chi connectivity index (χ4v) is 3.99. The van der Waals surface area contributed by atoms with E-state index < -0.39 is 17.9 Å². The summed E-state index contributed by atoms with van der Waals surface area (Å²) in [7, 11) is 0. The van der Waals surface area contributed by atoms with E-state index in [0.29, 0.717) is 13.1 Å². The second-order valence-electron chi connectivity index (χ2n) is 8.33. The van der Waals surface area contributed by atoms with Gasteiger partial charge in [0, 0.05) is 13.1 Å². The summed E-state index contributed by atoms with van der Waals surface area (Å²) in [6.07, 6.45) is -0.143. The SMILES string of the molecule is CC(C)COC(=O)CC1C(=O)NCCN1C(=S)NC(=O)C(c1ccccc1)c1ccccc1. The highest BCUT2D eigenvalue weighted by Crippen LogP contribution is 2.25. The average Bonchev–Trinajstić information content (AvgIpc) is 2.80. The van der Waals surface area contributed by atoms with E-state index in [1.807, 2.05) is 74.5 Å². The molecule has 174 valence electrons. The van der Waals surface area contributed by atoms with E-state index in [1.165, 1.54) is 0 Å². The largest absolute Gasteiger partial charge is 0.465 e. The molecule has 2 amide bonds. The van der Waals surface area contributed by atoms with Crippen LogP contribution in [0.4, 0.5) is 0 Å². The Balaban J connectivity index is 1.76. The van der Waals surface area contributed by atoms with Gasteiger partial charge in [0.05, 0.1) is 18.9 Å². The molecule has 1 atom stereocenters. The predicted octanol–water partition coefficient (Wildman–Crippen LogP) is 2.61. The topological polar surface area (TPSA) is 87.7 Å². The van der Waals surface area contributed by atoms with Gasteiger partial charge in [0.25, 0.3) is 0 Å². The first kappa shape index (κ1) is 24.4. The third-order valence-corrected chi connectivity index (χ3v) is 5.62. The quantitative estimate of drug-likeness (QED) is 0.481. The zero-order valence-corrected chi connectivity index (χ0v) is 19.6. The van der Waals surface area contributed by atoms with Crippen molar-refractivity contribution in [2.45, 2.75) is 32.2 Å². The molecular formula is C25H29N3O4S. The van der Waals surface area contributed by atoms with Crippen LogP contribution in [0.5, 0.6) is 0 Å². The summed E-state index contributed by atoms with van der Waals surface area (Å²) in [4.78, 5) is 39.7. The van der Waals surface area contributed by atoms with Gasteiger partial charge in [-0.25, -0.2) is 0 Å². The first-order valence-corrected chi connectivity index (χ1v) is 11.4. The van der Waals surface area contributed by atoms with Crippen molar-refractivity contribution in [3.05, 3.63) is 71.8 Å². The number of benzene rings is 2. The minimum Gasteiger partial charge on any atom is -0.465 e. The van der Waals surface area contributed by atoms with Gasteiger partial charge in [-0.1, -0.05) is 74.5 Å². The van der Waals surface area contributed by atoms with E-state index in [9.17, 15) is 14.4 Å². The molecular weight excluding hydrogens is 438 g/mol. The van der Waals surface area contributed by atoms with E-state index in [1.54, 1.807) is 4.90 Å². The molecule has 1 aliphatic rings. The van der Waals surface area contributed by atoms with Gasteiger partial charge in [-0.15, -0.1) is 0 Å². The molecule has 3 rings (SSSR count). The number of nitrogens with zero attached hydrogens (tertiary/aromatic N) is 1. The smallest absolute Gasteiger partial charge is 0.308 e. The average molecular weight is 468 g/mol. The molecule has 2 N–H and O–H groups in total. The maximum atomic E-state index is 13.4. The fraction of sp³-hybridized carbons (Fsp3) is 0.360. The molecule has 33 heavy (non-hydrogen) atoms. The van der Waals surface area contributed by atoms with Crippen molar-refractivity contribution >= 4 is 35.1 Å². The molecule has 1 unspecified atom stereocenters. The van der Waals surface area contributed by atoms with Gasteiger partial charge in [0.2, 0.25) is 11.8 Å². The Labute approximate surface area is 199 Å². The summed E-state index contributed by atoms with van der Waals surface area (Å²) >= 11 is 5.52. The van der Waals surface area contributed by atoms with Crippen LogP contribution in [-0.4, -0.2) is 53.5 Å². The minimum atomic E-state index is -0.835. The zero-order chi connectivity index (χ0) is 23.8. The molecule has 2 aromatic rings. The first-order chi connectivity index (χ1) is 15.9.